The van der Waals surface area contributed by atoms with E-state index in [4.69, 9.17) is 21.4 Å². The molecule has 7 nitrogen and oxygen atoms in total. The van der Waals surface area contributed by atoms with Gasteiger partial charge in [-0.1, -0.05) is 11.6 Å². The zero-order valence-corrected chi connectivity index (χ0v) is 12.5. The molecule has 0 unspecified atom stereocenters. The lowest BCUT2D eigenvalue weighted by Crippen LogP contribution is -2.52. The number of hydrogen-bond acceptors (Lipinski definition) is 4. The maximum atomic E-state index is 12.2. The van der Waals surface area contributed by atoms with E-state index in [1.807, 2.05) is 0 Å². The van der Waals surface area contributed by atoms with Crippen LogP contribution in [0.25, 0.3) is 6.08 Å². The van der Waals surface area contributed by atoms with Crippen molar-refractivity contribution in [3.63, 3.8) is 0 Å². The molecule has 8 heteroatoms. The highest BCUT2D eigenvalue weighted by molar-refractivity contribution is 6.31. The van der Waals surface area contributed by atoms with Gasteiger partial charge in [0.05, 0.1) is 18.9 Å². The molecule has 1 N–H and O–H groups in total. The summed E-state index contributed by atoms with van der Waals surface area (Å²) in [7, 11) is 1.71. The van der Waals surface area contributed by atoms with Crippen molar-refractivity contribution in [3.8, 4) is 0 Å². The fraction of sp³-hybridized carbons (Fsp3) is 0.462. The molecule has 2 heterocycles. The number of amides is 1. The largest absolute Gasteiger partial charge is 0.480 e. The lowest BCUT2D eigenvalue weighted by atomic mass is 10.2. The van der Waals surface area contributed by atoms with Gasteiger partial charge in [-0.3, -0.25) is 9.48 Å². The first kappa shape index (κ1) is 15.5. The van der Waals surface area contributed by atoms with Gasteiger partial charge in [0.25, 0.3) is 0 Å². The van der Waals surface area contributed by atoms with Gasteiger partial charge in [-0.05, 0) is 13.0 Å². The van der Waals surface area contributed by atoms with Gasteiger partial charge in [-0.15, -0.1) is 0 Å². The SMILES string of the molecule is Cc1nn(C)c(Cl)c1/C=C\C(=O)N1CCOC[C@@H]1C(=O)O. The van der Waals surface area contributed by atoms with Crippen LogP contribution in [-0.2, 0) is 21.4 Å². The number of aromatic nitrogens is 2. The lowest BCUT2D eigenvalue weighted by molar-refractivity contribution is -0.156. The number of carbonyl (C=O) groups is 2. The van der Waals surface area contributed by atoms with Crippen molar-refractivity contribution in [1.29, 1.82) is 0 Å². The summed E-state index contributed by atoms with van der Waals surface area (Å²) in [6.45, 7) is 2.36. The van der Waals surface area contributed by atoms with Gasteiger partial charge in [-0.2, -0.15) is 5.10 Å². The van der Waals surface area contributed by atoms with Crippen LogP contribution in [0.4, 0.5) is 0 Å². The van der Waals surface area contributed by atoms with E-state index in [0.29, 0.717) is 23.0 Å². The Labute approximate surface area is 126 Å². The highest BCUT2D eigenvalue weighted by Crippen LogP contribution is 2.20. The number of aliphatic carboxylic acids is 1. The minimum Gasteiger partial charge on any atom is -0.480 e. The summed E-state index contributed by atoms with van der Waals surface area (Å²) >= 11 is 6.07. The van der Waals surface area contributed by atoms with E-state index >= 15 is 0 Å². The maximum absolute atomic E-state index is 12.2. The van der Waals surface area contributed by atoms with E-state index in [0.717, 1.165) is 0 Å². The predicted molar refractivity (Wildman–Crippen MR) is 75.9 cm³/mol. The maximum Gasteiger partial charge on any atom is 0.328 e. The number of carboxylic acids is 1. The van der Waals surface area contributed by atoms with E-state index in [2.05, 4.69) is 5.10 Å². The van der Waals surface area contributed by atoms with Crippen LogP contribution in [0, 0.1) is 6.92 Å². The summed E-state index contributed by atoms with van der Waals surface area (Å²) in [5.41, 5.74) is 1.34. The average molecular weight is 314 g/mol. The van der Waals surface area contributed by atoms with Crippen LogP contribution in [0.1, 0.15) is 11.3 Å². The molecule has 1 amide bonds. The normalized spacial score (nSPS) is 19.2. The lowest BCUT2D eigenvalue weighted by Gasteiger charge is -2.31. The molecule has 1 aromatic heterocycles. The van der Waals surface area contributed by atoms with Crippen LogP contribution >= 0.6 is 11.6 Å². The van der Waals surface area contributed by atoms with E-state index < -0.39 is 12.0 Å². The van der Waals surface area contributed by atoms with Crippen molar-refractivity contribution in [1.82, 2.24) is 14.7 Å². The van der Waals surface area contributed by atoms with Gasteiger partial charge < -0.3 is 14.7 Å². The molecule has 0 saturated carbocycles. The third-order valence-corrected chi connectivity index (χ3v) is 3.73. The van der Waals surface area contributed by atoms with Crippen LogP contribution < -0.4 is 0 Å². The Hall–Kier alpha value is -1.86. The van der Waals surface area contributed by atoms with Gasteiger partial charge >= 0.3 is 5.97 Å². The number of hydrogen-bond donors (Lipinski definition) is 1. The standard InChI is InChI=1S/C13H16ClN3O4/c1-8-9(12(14)16(2)15-8)3-4-11(18)17-5-6-21-7-10(17)13(19)20/h3-4,10H,5-7H2,1-2H3,(H,19,20)/b4-3-/t10-/m1/s1. The van der Waals surface area contributed by atoms with Gasteiger partial charge in [0, 0.05) is 25.2 Å². The highest BCUT2D eigenvalue weighted by atomic mass is 35.5. The van der Waals surface area contributed by atoms with E-state index in [1.54, 1.807) is 20.0 Å². The molecule has 0 aromatic carbocycles. The molecule has 0 aliphatic carbocycles. The number of morpholine rings is 1. The monoisotopic (exact) mass is 313 g/mol. The molecular formula is C13H16ClN3O4. The summed E-state index contributed by atoms with van der Waals surface area (Å²) in [6.07, 6.45) is 2.87. The van der Waals surface area contributed by atoms with Gasteiger partial charge in [0.2, 0.25) is 5.91 Å². The number of carbonyl (C=O) groups excluding carboxylic acids is 1. The summed E-state index contributed by atoms with van der Waals surface area (Å²) in [4.78, 5) is 24.6. The topological polar surface area (TPSA) is 84.7 Å². The number of halogens is 1. The Balaban J connectivity index is 2.16. The molecule has 2 rings (SSSR count). The van der Waals surface area contributed by atoms with Crippen LogP contribution in [0.15, 0.2) is 6.08 Å². The second-order valence-electron chi connectivity index (χ2n) is 4.71. The zero-order valence-electron chi connectivity index (χ0n) is 11.7. The Morgan fingerprint density at radius 1 is 1.52 bits per heavy atom. The molecule has 1 aromatic rings. The van der Waals surface area contributed by atoms with Crippen molar-refractivity contribution in [2.75, 3.05) is 19.8 Å². The minimum absolute atomic E-state index is 0.00158. The molecule has 0 bridgehead atoms. The van der Waals surface area contributed by atoms with E-state index in [9.17, 15) is 9.59 Å². The van der Waals surface area contributed by atoms with Crippen molar-refractivity contribution in [2.45, 2.75) is 13.0 Å². The molecule has 1 aliphatic heterocycles. The molecule has 0 radical (unpaired) electrons. The predicted octanol–water partition coefficient (Wildman–Crippen LogP) is 0.707. The molecule has 1 fully saturated rings. The van der Waals surface area contributed by atoms with Crippen LogP contribution in [-0.4, -0.2) is 57.5 Å². The number of rotatable bonds is 3. The van der Waals surface area contributed by atoms with Crippen molar-refractivity contribution < 1.29 is 19.4 Å². The average Bonchev–Trinajstić information content (AvgIpc) is 2.70. The molecule has 21 heavy (non-hydrogen) atoms. The summed E-state index contributed by atoms with van der Waals surface area (Å²) in [5.74, 6) is -1.46. The third kappa shape index (κ3) is 3.25. The Kier molecular flexibility index (Phi) is 4.64. The number of nitrogens with zero attached hydrogens (tertiary/aromatic N) is 3. The molecule has 1 atom stereocenters. The second-order valence-corrected chi connectivity index (χ2v) is 5.07. The first-order valence-corrected chi connectivity index (χ1v) is 6.78. The highest BCUT2D eigenvalue weighted by Gasteiger charge is 2.31. The fourth-order valence-corrected chi connectivity index (χ4v) is 2.40. The Bertz CT molecular complexity index is 596. The summed E-state index contributed by atoms with van der Waals surface area (Å²) < 4.78 is 6.60. The van der Waals surface area contributed by atoms with Crippen molar-refractivity contribution >= 4 is 29.6 Å². The van der Waals surface area contributed by atoms with E-state index in [1.165, 1.54) is 15.7 Å². The Morgan fingerprint density at radius 3 is 2.81 bits per heavy atom. The molecule has 0 spiro atoms. The number of carboxylic acid groups (broad SMARTS) is 1. The minimum atomic E-state index is -1.08. The van der Waals surface area contributed by atoms with Crippen LogP contribution in [0.2, 0.25) is 5.15 Å². The van der Waals surface area contributed by atoms with Crippen LogP contribution in [0.3, 0.4) is 0 Å². The third-order valence-electron chi connectivity index (χ3n) is 3.29. The molecular weight excluding hydrogens is 298 g/mol. The van der Waals surface area contributed by atoms with Crippen LogP contribution in [0.5, 0.6) is 0 Å². The van der Waals surface area contributed by atoms with E-state index in [-0.39, 0.29) is 19.1 Å². The molecule has 114 valence electrons. The smallest absolute Gasteiger partial charge is 0.328 e. The van der Waals surface area contributed by atoms with Crippen molar-refractivity contribution in [2.24, 2.45) is 7.05 Å². The zero-order chi connectivity index (χ0) is 15.6. The van der Waals surface area contributed by atoms with Gasteiger partial charge in [-0.25, -0.2) is 4.79 Å². The summed E-state index contributed by atoms with van der Waals surface area (Å²) in [5, 5.41) is 13.7. The number of ether oxygens (including phenoxy) is 1. The first-order chi connectivity index (χ1) is 9.91. The Morgan fingerprint density at radius 2 is 2.24 bits per heavy atom. The van der Waals surface area contributed by atoms with Crippen molar-refractivity contribution in [3.05, 3.63) is 22.5 Å². The first-order valence-electron chi connectivity index (χ1n) is 6.40. The molecule has 1 aliphatic rings. The number of aryl methyl sites for hydroxylation is 2. The van der Waals surface area contributed by atoms with Gasteiger partial charge in [0.15, 0.2) is 6.04 Å². The fourth-order valence-electron chi connectivity index (χ4n) is 2.16. The molecule has 1 saturated heterocycles. The quantitative estimate of drug-likeness (QED) is 0.831. The summed E-state index contributed by atoms with van der Waals surface area (Å²) in [6, 6.07) is -0.957. The second kappa shape index (κ2) is 6.28. The van der Waals surface area contributed by atoms with Gasteiger partial charge in [0.1, 0.15) is 5.15 Å².